The highest BCUT2D eigenvalue weighted by Crippen LogP contribution is 2.20. The smallest absolute Gasteiger partial charge is 0.320 e. The van der Waals surface area contributed by atoms with Crippen LogP contribution in [0.25, 0.3) is 0 Å². The maximum Gasteiger partial charge on any atom is 0.320 e. The molecule has 0 fully saturated rings. The molecule has 5 nitrogen and oxygen atoms in total. The van der Waals surface area contributed by atoms with Crippen LogP contribution in [0.5, 0.6) is 0 Å². The highest BCUT2D eigenvalue weighted by molar-refractivity contribution is 5.53. The average Bonchev–Trinajstić information content (AvgIpc) is 2.83. The first-order valence-corrected chi connectivity index (χ1v) is 6.69. The maximum atomic E-state index is 13.3. The summed E-state index contributed by atoms with van der Waals surface area (Å²) in [7, 11) is 0. The van der Waals surface area contributed by atoms with Crippen LogP contribution in [0.15, 0.2) is 22.6 Å². The molecule has 0 amide bonds. The Morgan fingerprint density at radius 3 is 2.80 bits per heavy atom. The molecule has 1 heterocycles. The van der Waals surface area contributed by atoms with Gasteiger partial charge in [0.15, 0.2) is 0 Å². The molecule has 1 unspecified atom stereocenters. The molecule has 0 aliphatic carbocycles. The van der Waals surface area contributed by atoms with Crippen molar-refractivity contribution in [3.8, 4) is 0 Å². The molecule has 2 aromatic rings. The summed E-state index contributed by atoms with van der Waals surface area (Å²) in [5, 5.41) is 14.1. The van der Waals surface area contributed by atoms with Crippen molar-refractivity contribution in [2.24, 2.45) is 0 Å². The second kappa shape index (κ2) is 6.47. The summed E-state index contributed by atoms with van der Waals surface area (Å²) in [6, 6.07) is 4.91. The van der Waals surface area contributed by atoms with Gasteiger partial charge in [-0.1, -0.05) is 12.0 Å². The highest BCUT2D eigenvalue weighted by atomic mass is 19.1. The van der Waals surface area contributed by atoms with Crippen molar-refractivity contribution >= 4 is 11.7 Å². The lowest BCUT2D eigenvalue weighted by atomic mass is 10.2. The first-order chi connectivity index (χ1) is 9.58. The van der Waals surface area contributed by atoms with Crippen LogP contribution in [-0.4, -0.2) is 16.7 Å². The lowest BCUT2D eigenvalue weighted by Gasteiger charge is -2.07. The molecule has 1 aromatic heterocycles. The molecule has 6 heteroatoms. The van der Waals surface area contributed by atoms with Gasteiger partial charge < -0.3 is 15.1 Å². The molecule has 2 N–H and O–H groups in total. The molecule has 0 radical (unpaired) electrons. The Morgan fingerprint density at radius 1 is 1.30 bits per heavy atom. The maximum absolute atomic E-state index is 13.3. The number of anilines is 2. The molecule has 0 saturated carbocycles. The molecule has 20 heavy (non-hydrogen) atoms. The van der Waals surface area contributed by atoms with Crippen molar-refractivity contribution in [3.63, 3.8) is 0 Å². The summed E-state index contributed by atoms with van der Waals surface area (Å²) in [6.07, 6.45) is 1.03. The van der Waals surface area contributed by atoms with Crippen LogP contribution in [0.4, 0.5) is 16.1 Å². The number of aryl methyl sites for hydroxylation is 1. The lowest BCUT2D eigenvalue weighted by molar-refractivity contribution is 0.424. The summed E-state index contributed by atoms with van der Waals surface area (Å²) in [5.41, 5.74) is 1.41. The lowest BCUT2D eigenvalue weighted by Crippen LogP contribution is -2.19. The number of benzene rings is 1. The van der Waals surface area contributed by atoms with Gasteiger partial charge in [0, 0.05) is 5.69 Å². The van der Waals surface area contributed by atoms with Gasteiger partial charge in [-0.25, -0.2) is 4.39 Å². The van der Waals surface area contributed by atoms with Crippen LogP contribution in [0, 0.1) is 12.7 Å². The van der Waals surface area contributed by atoms with Gasteiger partial charge in [0.05, 0.1) is 6.04 Å². The fourth-order valence-electron chi connectivity index (χ4n) is 1.84. The van der Waals surface area contributed by atoms with Crippen molar-refractivity contribution in [3.05, 3.63) is 35.5 Å². The predicted octanol–water partition coefficient (Wildman–Crippen LogP) is 3.32. The topological polar surface area (TPSA) is 63.0 Å². The molecule has 0 aliphatic rings. The number of nitrogens with zero attached hydrogens (tertiary/aromatic N) is 2. The number of nitrogens with one attached hydrogen (secondary N) is 2. The van der Waals surface area contributed by atoms with Gasteiger partial charge >= 0.3 is 6.01 Å². The van der Waals surface area contributed by atoms with E-state index in [0.29, 0.717) is 11.6 Å². The third-order valence-corrected chi connectivity index (χ3v) is 2.80. The van der Waals surface area contributed by atoms with Gasteiger partial charge in [-0.15, -0.1) is 5.10 Å². The zero-order valence-electron chi connectivity index (χ0n) is 11.9. The fourth-order valence-corrected chi connectivity index (χ4v) is 1.84. The number of rotatable bonds is 6. The Kier molecular flexibility index (Phi) is 4.68. The Balaban J connectivity index is 2.05. The van der Waals surface area contributed by atoms with Crippen LogP contribution >= 0.6 is 0 Å². The van der Waals surface area contributed by atoms with E-state index in [4.69, 9.17) is 4.42 Å². The minimum atomic E-state index is -0.301. The largest absolute Gasteiger partial charge is 0.406 e. The number of hydrogen-bond acceptors (Lipinski definition) is 5. The third kappa shape index (κ3) is 3.77. The first-order valence-electron chi connectivity index (χ1n) is 6.69. The zero-order valence-corrected chi connectivity index (χ0v) is 11.9. The monoisotopic (exact) mass is 278 g/mol. The summed E-state index contributed by atoms with van der Waals surface area (Å²) >= 11 is 0. The number of hydrogen-bond donors (Lipinski definition) is 2. The van der Waals surface area contributed by atoms with Crippen molar-refractivity contribution in [1.82, 2.24) is 15.5 Å². The minimum Gasteiger partial charge on any atom is -0.406 e. The third-order valence-electron chi connectivity index (χ3n) is 2.80. The summed E-state index contributed by atoms with van der Waals surface area (Å²) in [4.78, 5) is 0. The van der Waals surface area contributed by atoms with E-state index < -0.39 is 0 Å². The van der Waals surface area contributed by atoms with Crippen LogP contribution < -0.4 is 10.6 Å². The van der Waals surface area contributed by atoms with Gasteiger partial charge in [0.2, 0.25) is 5.89 Å². The summed E-state index contributed by atoms with van der Waals surface area (Å²) in [6.45, 7) is 6.76. The molecule has 1 aromatic carbocycles. The second-order valence-electron chi connectivity index (χ2n) is 4.76. The van der Waals surface area contributed by atoms with E-state index >= 15 is 0 Å². The molecule has 1 atom stereocenters. The summed E-state index contributed by atoms with van der Waals surface area (Å²) < 4.78 is 18.8. The van der Waals surface area contributed by atoms with Crippen molar-refractivity contribution in [1.29, 1.82) is 0 Å². The van der Waals surface area contributed by atoms with Crippen molar-refractivity contribution in [2.75, 3.05) is 11.9 Å². The van der Waals surface area contributed by atoms with Gasteiger partial charge in [-0.3, -0.25) is 0 Å². The molecular formula is C14H19FN4O. The Labute approximate surface area is 117 Å². The molecule has 0 aliphatic heterocycles. The van der Waals surface area contributed by atoms with Crippen LogP contribution in [0.3, 0.4) is 0 Å². The quantitative estimate of drug-likeness (QED) is 0.848. The van der Waals surface area contributed by atoms with Gasteiger partial charge in [0.1, 0.15) is 5.82 Å². The first kappa shape index (κ1) is 14.5. The second-order valence-corrected chi connectivity index (χ2v) is 4.76. The van der Waals surface area contributed by atoms with Crippen LogP contribution in [-0.2, 0) is 0 Å². The Hall–Kier alpha value is -1.95. The van der Waals surface area contributed by atoms with E-state index in [1.165, 1.54) is 12.1 Å². The van der Waals surface area contributed by atoms with Crippen molar-refractivity contribution < 1.29 is 8.81 Å². The predicted molar refractivity (Wildman–Crippen MR) is 75.4 cm³/mol. The van der Waals surface area contributed by atoms with Gasteiger partial charge in [-0.05, 0) is 50.6 Å². The molecule has 2 rings (SSSR count). The van der Waals surface area contributed by atoms with Crippen LogP contribution in [0.2, 0.25) is 0 Å². The van der Waals surface area contributed by atoms with Crippen LogP contribution in [0.1, 0.15) is 37.8 Å². The van der Waals surface area contributed by atoms with E-state index in [9.17, 15) is 4.39 Å². The van der Waals surface area contributed by atoms with E-state index in [1.807, 2.05) is 19.9 Å². The molecule has 108 valence electrons. The van der Waals surface area contributed by atoms with Gasteiger partial charge in [-0.2, -0.15) is 0 Å². The van der Waals surface area contributed by atoms with E-state index in [2.05, 4.69) is 27.8 Å². The standard InChI is InChI=1S/C14H19FN4O/c1-4-5-16-10(3)13-18-19-14(20-13)17-12-7-9(2)6-11(15)8-12/h6-8,10,16H,4-5H2,1-3H3,(H,17,19). The number of halogens is 1. The highest BCUT2D eigenvalue weighted by Gasteiger charge is 2.13. The van der Waals surface area contributed by atoms with Gasteiger partial charge in [0.25, 0.3) is 0 Å². The molecule has 0 spiro atoms. The zero-order chi connectivity index (χ0) is 14.5. The van der Waals surface area contributed by atoms with Crippen molar-refractivity contribution in [2.45, 2.75) is 33.2 Å². The van der Waals surface area contributed by atoms with E-state index in [1.54, 1.807) is 0 Å². The average molecular weight is 278 g/mol. The Morgan fingerprint density at radius 2 is 2.10 bits per heavy atom. The molecule has 0 bridgehead atoms. The normalized spacial score (nSPS) is 12.4. The van der Waals surface area contributed by atoms with E-state index in [0.717, 1.165) is 18.5 Å². The van der Waals surface area contributed by atoms with E-state index in [-0.39, 0.29) is 17.9 Å². The molecular weight excluding hydrogens is 259 g/mol. The summed E-state index contributed by atoms with van der Waals surface area (Å²) in [5.74, 6) is 0.208. The number of aromatic nitrogens is 2. The minimum absolute atomic E-state index is 0.00718. The molecule has 0 saturated heterocycles. The SMILES string of the molecule is CCCNC(C)c1nnc(Nc2cc(C)cc(F)c2)o1. The Bertz CT molecular complexity index is 550. The fraction of sp³-hybridized carbons (Fsp3) is 0.429.